The number of hydrogen-bond donors (Lipinski definition) is 0. The topological polar surface area (TPSA) is 22.0 Å². The molecule has 0 N–H and O–H groups in total. The van der Waals surface area contributed by atoms with Gasteiger partial charge in [-0.2, -0.15) is 0 Å². The monoisotopic (exact) mass is 249 g/mol. The van der Waals surface area contributed by atoms with Gasteiger partial charge in [-0.15, -0.1) is 0 Å². The lowest BCUT2D eigenvalue weighted by Gasteiger charge is -2.01. The second kappa shape index (κ2) is 4.23. The lowest BCUT2D eigenvalue weighted by atomic mass is 10.4. The fourth-order valence-electron chi connectivity index (χ4n) is 1.06. The van der Waals surface area contributed by atoms with Crippen molar-refractivity contribution in [1.29, 1.82) is 0 Å². The molecule has 0 aliphatic carbocycles. The van der Waals surface area contributed by atoms with Crippen molar-refractivity contribution in [2.75, 3.05) is 5.33 Å². The highest BCUT2D eigenvalue weighted by Crippen LogP contribution is 2.09. The maximum Gasteiger partial charge on any atom is 0.307 e. The Morgan fingerprint density at radius 1 is 1.50 bits per heavy atom. The third kappa shape index (κ3) is 1.98. The van der Waals surface area contributed by atoms with Gasteiger partial charge < -0.3 is 4.57 Å². The number of aryl methyl sites for hydroxylation is 1. The molecule has 1 aromatic heterocycles. The van der Waals surface area contributed by atoms with Crippen molar-refractivity contribution in [3.8, 4) is 0 Å². The van der Waals surface area contributed by atoms with E-state index in [0.717, 1.165) is 28.9 Å². The maximum absolute atomic E-state index is 11.3. The molecule has 0 atom stereocenters. The number of hydrogen-bond acceptors (Lipinski definition) is 2. The zero-order chi connectivity index (χ0) is 9.14. The molecule has 0 spiro atoms. The fourth-order valence-corrected chi connectivity index (χ4v) is 2.17. The van der Waals surface area contributed by atoms with Crippen molar-refractivity contribution in [2.24, 2.45) is 0 Å². The molecule has 0 aliphatic heterocycles. The summed E-state index contributed by atoms with van der Waals surface area (Å²) in [6.45, 7) is 4.83. The first-order chi connectivity index (χ1) is 5.66. The summed E-state index contributed by atoms with van der Waals surface area (Å²) in [6.07, 6.45) is 1.01. The zero-order valence-corrected chi connectivity index (χ0v) is 9.67. The van der Waals surface area contributed by atoms with Crippen molar-refractivity contribution >= 4 is 27.3 Å². The number of rotatable bonds is 3. The average molecular weight is 250 g/mol. The van der Waals surface area contributed by atoms with Gasteiger partial charge in [0.2, 0.25) is 0 Å². The molecule has 12 heavy (non-hydrogen) atoms. The van der Waals surface area contributed by atoms with Crippen LogP contribution in [-0.4, -0.2) is 9.90 Å². The zero-order valence-electron chi connectivity index (χ0n) is 7.26. The summed E-state index contributed by atoms with van der Waals surface area (Å²) in [4.78, 5) is 12.6. The minimum Gasteiger partial charge on any atom is -0.303 e. The Balaban J connectivity index is 2.90. The molecule has 0 amide bonds. The summed E-state index contributed by atoms with van der Waals surface area (Å²) in [5, 5.41) is 0.952. The molecule has 0 unspecified atom stereocenters. The number of halogens is 1. The molecule has 68 valence electrons. The largest absolute Gasteiger partial charge is 0.307 e. The highest BCUT2D eigenvalue weighted by Gasteiger charge is 2.05. The molecule has 4 heteroatoms. The van der Waals surface area contributed by atoms with Crippen molar-refractivity contribution in [1.82, 2.24) is 4.57 Å². The normalized spacial score (nSPS) is 10.6. The van der Waals surface area contributed by atoms with E-state index >= 15 is 0 Å². The Kier molecular flexibility index (Phi) is 3.53. The molecule has 0 saturated carbocycles. The first-order valence-corrected chi connectivity index (χ1v) is 5.83. The van der Waals surface area contributed by atoms with Crippen molar-refractivity contribution < 1.29 is 0 Å². The van der Waals surface area contributed by atoms with Gasteiger partial charge in [-0.1, -0.05) is 27.3 Å². The summed E-state index contributed by atoms with van der Waals surface area (Å²) in [7, 11) is 0. The second-order valence-corrected chi connectivity index (χ2v) is 4.66. The molecule has 0 fully saturated rings. The third-order valence-electron chi connectivity index (χ3n) is 1.89. The first kappa shape index (κ1) is 9.99. The summed E-state index contributed by atoms with van der Waals surface area (Å²) >= 11 is 4.69. The van der Waals surface area contributed by atoms with Crippen LogP contribution in [0.2, 0.25) is 0 Å². The van der Waals surface area contributed by atoms with Crippen LogP contribution in [0.4, 0.5) is 0 Å². The van der Waals surface area contributed by atoms with E-state index in [0.29, 0.717) is 0 Å². The molecule has 0 aromatic carbocycles. The lowest BCUT2D eigenvalue weighted by molar-refractivity contribution is 0.655. The van der Waals surface area contributed by atoms with Gasteiger partial charge in [0.25, 0.3) is 0 Å². The van der Waals surface area contributed by atoms with Crippen molar-refractivity contribution in [3.05, 3.63) is 20.2 Å². The molecular formula is C8H12BrNOS. The van der Waals surface area contributed by atoms with Gasteiger partial charge in [0.05, 0.1) is 0 Å². The smallest absolute Gasteiger partial charge is 0.303 e. The van der Waals surface area contributed by atoms with Gasteiger partial charge in [-0.05, 0) is 20.3 Å². The summed E-state index contributed by atoms with van der Waals surface area (Å²) in [5.41, 5.74) is 1.12. The van der Waals surface area contributed by atoms with Gasteiger partial charge in [-0.3, -0.25) is 4.79 Å². The Morgan fingerprint density at radius 2 is 2.17 bits per heavy atom. The van der Waals surface area contributed by atoms with Crippen LogP contribution in [-0.2, 0) is 6.54 Å². The van der Waals surface area contributed by atoms with E-state index in [4.69, 9.17) is 0 Å². The van der Waals surface area contributed by atoms with Gasteiger partial charge in [0, 0.05) is 22.4 Å². The van der Waals surface area contributed by atoms with Crippen LogP contribution in [0.1, 0.15) is 17.0 Å². The number of thiazole rings is 1. The van der Waals surface area contributed by atoms with E-state index in [1.54, 1.807) is 0 Å². The molecule has 1 aromatic rings. The van der Waals surface area contributed by atoms with Crippen LogP contribution in [0, 0.1) is 13.8 Å². The predicted molar refractivity (Wildman–Crippen MR) is 56.5 cm³/mol. The minimum atomic E-state index is 0.172. The average Bonchev–Trinajstić information content (AvgIpc) is 2.25. The van der Waals surface area contributed by atoms with E-state index in [-0.39, 0.29) is 4.87 Å². The first-order valence-electron chi connectivity index (χ1n) is 3.89. The van der Waals surface area contributed by atoms with Crippen LogP contribution < -0.4 is 4.87 Å². The van der Waals surface area contributed by atoms with Crippen LogP contribution >= 0.6 is 27.3 Å². The molecule has 1 rings (SSSR count). The van der Waals surface area contributed by atoms with E-state index in [1.807, 2.05) is 18.4 Å². The van der Waals surface area contributed by atoms with Gasteiger partial charge in [0.1, 0.15) is 0 Å². The van der Waals surface area contributed by atoms with Gasteiger partial charge >= 0.3 is 4.87 Å². The SMILES string of the molecule is Cc1sc(=O)n(CCCBr)c1C. The standard InChI is InChI=1S/C8H12BrNOS/c1-6-7(2)12-8(11)10(6)5-3-4-9/h3-5H2,1-2H3. The van der Waals surface area contributed by atoms with Gasteiger partial charge in [0.15, 0.2) is 0 Å². The number of aromatic nitrogens is 1. The molecule has 0 aliphatic rings. The highest BCUT2D eigenvalue weighted by molar-refractivity contribution is 9.09. The highest BCUT2D eigenvalue weighted by atomic mass is 79.9. The van der Waals surface area contributed by atoms with E-state index in [2.05, 4.69) is 15.9 Å². The number of nitrogens with zero attached hydrogens (tertiary/aromatic N) is 1. The molecule has 0 saturated heterocycles. The van der Waals surface area contributed by atoms with Gasteiger partial charge in [-0.25, -0.2) is 0 Å². The second-order valence-electron chi connectivity index (χ2n) is 2.70. The lowest BCUT2D eigenvalue weighted by Crippen LogP contribution is -2.14. The Bertz CT molecular complexity index is 315. The molecule has 0 bridgehead atoms. The van der Waals surface area contributed by atoms with E-state index in [1.165, 1.54) is 11.3 Å². The maximum atomic E-state index is 11.3. The predicted octanol–water partition coefficient (Wildman–Crippen LogP) is 2.31. The van der Waals surface area contributed by atoms with Crippen LogP contribution in [0.3, 0.4) is 0 Å². The summed E-state index contributed by atoms with van der Waals surface area (Å²) < 4.78 is 1.85. The van der Waals surface area contributed by atoms with Crippen molar-refractivity contribution in [2.45, 2.75) is 26.8 Å². The molecule has 0 radical (unpaired) electrons. The van der Waals surface area contributed by atoms with Crippen LogP contribution in [0.5, 0.6) is 0 Å². The van der Waals surface area contributed by atoms with E-state index < -0.39 is 0 Å². The molecule has 2 nitrogen and oxygen atoms in total. The van der Waals surface area contributed by atoms with E-state index in [9.17, 15) is 4.79 Å². The van der Waals surface area contributed by atoms with Crippen LogP contribution in [0.25, 0.3) is 0 Å². The Labute approximate surface area is 84.4 Å². The summed E-state index contributed by atoms with van der Waals surface area (Å²) in [6, 6.07) is 0. The van der Waals surface area contributed by atoms with Crippen molar-refractivity contribution in [3.63, 3.8) is 0 Å². The molecular weight excluding hydrogens is 238 g/mol. The third-order valence-corrected chi connectivity index (χ3v) is 3.45. The Hall–Kier alpha value is -0.0900. The van der Waals surface area contributed by atoms with Crippen LogP contribution in [0.15, 0.2) is 4.79 Å². The number of alkyl halides is 1. The Morgan fingerprint density at radius 3 is 2.58 bits per heavy atom. The molecule has 1 heterocycles. The fraction of sp³-hybridized carbons (Fsp3) is 0.625. The quantitative estimate of drug-likeness (QED) is 0.754. The summed E-state index contributed by atoms with van der Waals surface area (Å²) in [5.74, 6) is 0. The minimum absolute atomic E-state index is 0.172.